The number of fused-ring (bicyclic) bond motifs is 1. The Bertz CT molecular complexity index is 1340. The Kier molecular flexibility index (Phi) is 5.65. The van der Waals surface area contributed by atoms with Gasteiger partial charge in [-0.3, -0.25) is 0 Å². The van der Waals surface area contributed by atoms with Crippen LogP contribution in [-0.2, 0) is 18.9 Å². The molecule has 13 heteroatoms. The number of halogens is 8. The third kappa shape index (κ3) is 4.69. The summed E-state index contributed by atoms with van der Waals surface area (Å²) in [5.41, 5.74) is -3.03. The molecule has 0 unspecified atom stereocenters. The second-order valence-corrected chi connectivity index (χ2v) is 7.80. The van der Waals surface area contributed by atoms with Crippen LogP contribution in [0.5, 0.6) is 5.75 Å². The maximum absolute atomic E-state index is 13.1. The van der Waals surface area contributed by atoms with Gasteiger partial charge < -0.3 is 5.11 Å². The molecule has 0 atom stereocenters. The third-order valence-corrected chi connectivity index (χ3v) is 5.26. The number of nitrogens with zero attached hydrogens (tertiary/aromatic N) is 4. The van der Waals surface area contributed by atoms with Gasteiger partial charge in [-0.1, -0.05) is 28.4 Å². The molecule has 4 aromatic rings. The van der Waals surface area contributed by atoms with E-state index >= 15 is 0 Å². The topological polar surface area (TPSA) is 63.8 Å². The average Bonchev–Trinajstić information content (AvgIpc) is 3.19. The Morgan fingerprint density at radius 1 is 0.879 bits per heavy atom. The molecule has 0 saturated carbocycles. The summed E-state index contributed by atoms with van der Waals surface area (Å²) in [6, 6.07) is 5.68. The zero-order chi connectivity index (χ0) is 24.1. The van der Waals surface area contributed by atoms with Gasteiger partial charge in [-0.25, -0.2) is 9.67 Å². The summed E-state index contributed by atoms with van der Waals surface area (Å²) in [5, 5.41) is 18.3. The zero-order valence-corrected chi connectivity index (χ0v) is 17.5. The molecule has 33 heavy (non-hydrogen) atoms. The van der Waals surface area contributed by atoms with Gasteiger partial charge >= 0.3 is 12.4 Å². The van der Waals surface area contributed by atoms with Gasteiger partial charge in [0, 0.05) is 10.9 Å². The minimum Gasteiger partial charge on any atom is -0.504 e. The smallest absolute Gasteiger partial charge is 0.416 e. The maximum atomic E-state index is 13.1. The number of phenolic OH excluding ortho intramolecular Hbond substituents is 1. The molecule has 2 heterocycles. The van der Waals surface area contributed by atoms with E-state index in [0.717, 1.165) is 0 Å². The molecule has 1 N–H and O–H groups in total. The quantitative estimate of drug-likeness (QED) is 0.318. The molecule has 0 fully saturated rings. The van der Waals surface area contributed by atoms with Crippen LogP contribution in [0.1, 0.15) is 16.8 Å². The third-order valence-electron chi connectivity index (χ3n) is 4.66. The Morgan fingerprint density at radius 3 is 2.12 bits per heavy atom. The molecule has 5 nitrogen and oxygen atoms in total. The van der Waals surface area contributed by atoms with Gasteiger partial charge in [-0.15, -0.1) is 5.10 Å². The van der Waals surface area contributed by atoms with Gasteiger partial charge in [-0.05, 0) is 36.4 Å². The number of rotatable bonds is 3. The van der Waals surface area contributed by atoms with Crippen LogP contribution in [0, 0.1) is 0 Å². The van der Waals surface area contributed by atoms with Crippen molar-refractivity contribution < 1.29 is 31.4 Å². The fraction of sp³-hybridized carbons (Fsp3) is 0.150. The second kappa shape index (κ2) is 8.07. The van der Waals surface area contributed by atoms with Crippen molar-refractivity contribution in [3.05, 3.63) is 69.5 Å². The molecule has 0 saturated heterocycles. The predicted molar refractivity (Wildman–Crippen MR) is 108 cm³/mol. The Labute approximate surface area is 191 Å². The van der Waals surface area contributed by atoms with Gasteiger partial charge in [0.2, 0.25) is 0 Å². The van der Waals surface area contributed by atoms with Crippen LogP contribution in [-0.4, -0.2) is 25.1 Å². The van der Waals surface area contributed by atoms with Crippen LogP contribution in [0.3, 0.4) is 0 Å². The molecular formula is C20H10Cl2F6N4O. The number of aromatic hydroxyl groups is 1. The van der Waals surface area contributed by atoms with E-state index in [0.29, 0.717) is 23.2 Å². The highest BCUT2D eigenvalue weighted by molar-refractivity contribution is 6.39. The molecule has 0 bridgehead atoms. The molecule has 172 valence electrons. The summed E-state index contributed by atoms with van der Waals surface area (Å²) in [5.74, 6) is -0.291. The van der Waals surface area contributed by atoms with Gasteiger partial charge in [0.1, 0.15) is 11.2 Å². The van der Waals surface area contributed by atoms with Crippen molar-refractivity contribution in [3.63, 3.8) is 0 Å². The number of aromatic nitrogens is 4. The average molecular weight is 507 g/mol. The predicted octanol–water partition coefficient (Wildman–Crippen LogP) is 6.59. The van der Waals surface area contributed by atoms with Gasteiger partial charge in [0.05, 0.1) is 39.6 Å². The highest BCUT2D eigenvalue weighted by atomic mass is 35.5. The number of hydrogen-bond donors (Lipinski definition) is 1. The normalized spacial score (nSPS) is 12.5. The molecule has 0 radical (unpaired) electrons. The molecule has 0 aliphatic rings. The van der Waals surface area contributed by atoms with E-state index in [2.05, 4.69) is 15.3 Å². The highest BCUT2D eigenvalue weighted by Gasteiger charge is 2.37. The zero-order valence-electron chi connectivity index (χ0n) is 16.0. The monoisotopic (exact) mass is 506 g/mol. The van der Waals surface area contributed by atoms with Gasteiger partial charge in [-0.2, -0.15) is 26.3 Å². The Morgan fingerprint density at radius 2 is 1.52 bits per heavy atom. The molecule has 0 aliphatic heterocycles. The molecular weight excluding hydrogens is 497 g/mol. The summed E-state index contributed by atoms with van der Waals surface area (Å²) in [6.45, 7) is -0.0440. The molecule has 0 amide bonds. The number of phenols is 1. The highest BCUT2D eigenvalue weighted by Crippen LogP contribution is 2.39. The van der Waals surface area contributed by atoms with Crippen LogP contribution < -0.4 is 0 Å². The molecule has 2 aromatic carbocycles. The van der Waals surface area contributed by atoms with E-state index < -0.39 is 29.0 Å². The summed E-state index contributed by atoms with van der Waals surface area (Å²) in [4.78, 5) is 4.26. The van der Waals surface area contributed by atoms with E-state index in [9.17, 15) is 31.4 Å². The van der Waals surface area contributed by atoms with Crippen molar-refractivity contribution in [1.29, 1.82) is 0 Å². The first kappa shape index (κ1) is 23.1. The van der Waals surface area contributed by atoms with Crippen LogP contribution in [0.15, 0.2) is 42.6 Å². The molecule has 2 aromatic heterocycles. The van der Waals surface area contributed by atoms with E-state index in [1.54, 1.807) is 12.1 Å². The number of benzene rings is 2. The first-order valence-corrected chi connectivity index (χ1v) is 9.75. The van der Waals surface area contributed by atoms with E-state index in [1.807, 2.05) is 0 Å². The van der Waals surface area contributed by atoms with Crippen LogP contribution >= 0.6 is 23.2 Å². The fourth-order valence-corrected chi connectivity index (χ4v) is 3.62. The minimum absolute atomic E-state index is 0.00907. The lowest BCUT2D eigenvalue weighted by Gasteiger charge is -2.13. The maximum Gasteiger partial charge on any atom is 0.416 e. The van der Waals surface area contributed by atoms with Crippen molar-refractivity contribution in [2.75, 3.05) is 0 Å². The van der Waals surface area contributed by atoms with Crippen molar-refractivity contribution in [2.24, 2.45) is 0 Å². The van der Waals surface area contributed by atoms with Crippen molar-refractivity contribution >= 4 is 34.1 Å². The molecule has 4 rings (SSSR count). The Balaban J connectivity index is 1.70. The number of hydrogen-bond acceptors (Lipinski definition) is 4. The lowest BCUT2D eigenvalue weighted by atomic mass is 10.0. The largest absolute Gasteiger partial charge is 0.504 e. The van der Waals surface area contributed by atoms with Crippen LogP contribution in [0.4, 0.5) is 26.3 Å². The van der Waals surface area contributed by atoms with E-state index in [-0.39, 0.29) is 39.6 Å². The van der Waals surface area contributed by atoms with Crippen molar-refractivity contribution in [3.8, 4) is 17.0 Å². The molecule has 0 spiro atoms. The number of alkyl halides is 6. The first-order valence-electron chi connectivity index (χ1n) is 8.99. The summed E-state index contributed by atoms with van der Waals surface area (Å²) < 4.78 is 79.8. The second-order valence-electron chi connectivity index (χ2n) is 6.98. The Hall–Kier alpha value is -3.05. The molecule has 0 aliphatic carbocycles. The standard InChI is InChI=1S/C20H10Cl2F6N4O/c21-14-6-15(22)18(33)17-13(14)2-1-12(29-17)7-32-8-16(30-31-32)9-3-10(19(23,24)25)5-11(4-9)20(26,27)28/h1-6,8,33H,7H2. The van der Waals surface area contributed by atoms with Crippen LogP contribution in [0.25, 0.3) is 22.2 Å². The van der Waals surface area contributed by atoms with Gasteiger partial charge in [0.15, 0.2) is 5.75 Å². The van der Waals surface area contributed by atoms with Crippen LogP contribution in [0.2, 0.25) is 10.0 Å². The van der Waals surface area contributed by atoms with Crippen molar-refractivity contribution in [2.45, 2.75) is 18.9 Å². The summed E-state index contributed by atoms with van der Waals surface area (Å²) in [6.07, 6.45) is -8.77. The lowest BCUT2D eigenvalue weighted by Crippen LogP contribution is -2.11. The lowest BCUT2D eigenvalue weighted by molar-refractivity contribution is -0.143. The number of pyridine rings is 1. The summed E-state index contributed by atoms with van der Waals surface area (Å²) >= 11 is 12.0. The fourth-order valence-electron chi connectivity index (χ4n) is 3.11. The first-order chi connectivity index (χ1) is 15.3. The van der Waals surface area contributed by atoms with Crippen molar-refractivity contribution in [1.82, 2.24) is 20.0 Å². The van der Waals surface area contributed by atoms with E-state index in [1.165, 1.54) is 16.9 Å². The minimum atomic E-state index is -4.98. The summed E-state index contributed by atoms with van der Waals surface area (Å²) in [7, 11) is 0. The van der Waals surface area contributed by atoms with Gasteiger partial charge in [0.25, 0.3) is 0 Å². The van der Waals surface area contributed by atoms with E-state index in [4.69, 9.17) is 23.2 Å². The SMILES string of the molecule is Oc1c(Cl)cc(Cl)c2ccc(Cn3cc(-c4cc(C(F)(F)F)cc(C(F)(F)F)c4)nn3)nc12.